The van der Waals surface area contributed by atoms with Gasteiger partial charge in [-0.25, -0.2) is 4.39 Å². The Balaban J connectivity index is 1.39. The molecule has 2 aromatic carbocycles. The summed E-state index contributed by atoms with van der Waals surface area (Å²) in [4.78, 5) is 0. The van der Waals surface area contributed by atoms with Gasteiger partial charge in [0, 0.05) is 0 Å². The lowest BCUT2D eigenvalue weighted by Crippen LogP contribution is -2.22. The van der Waals surface area contributed by atoms with Crippen LogP contribution in [0.2, 0.25) is 0 Å². The van der Waals surface area contributed by atoms with Crippen LogP contribution in [0.4, 0.5) is 13.2 Å². The van der Waals surface area contributed by atoms with Crippen molar-refractivity contribution in [2.75, 3.05) is 0 Å². The molecule has 2 saturated carbocycles. The lowest BCUT2D eigenvalue weighted by Gasteiger charge is -2.28. The maximum atomic E-state index is 15.0. The van der Waals surface area contributed by atoms with E-state index >= 15 is 0 Å². The van der Waals surface area contributed by atoms with Crippen molar-refractivity contribution in [3.8, 4) is 0 Å². The van der Waals surface area contributed by atoms with Gasteiger partial charge in [-0.1, -0.05) is 63.4 Å². The third-order valence-electron chi connectivity index (χ3n) is 8.42. The quantitative estimate of drug-likeness (QED) is 0.390. The summed E-state index contributed by atoms with van der Waals surface area (Å²) in [6.45, 7) is 6.09. The Morgan fingerprint density at radius 1 is 0.853 bits per heavy atom. The van der Waals surface area contributed by atoms with Crippen molar-refractivity contribution >= 4 is 0 Å². The van der Waals surface area contributed by atoms with Crippen LogP contribution in [0.3, 0.4) is 0 Å². The van der Waals surface area contributed by atoms with Crippen LogP contribution < -0.4 is 0 Å². The van der Waals surface area contributed by atoms with E-state index in [2.05, 4.69) is 13.8 Å². The number of ether oxygens (including phenoxy) is 1. The molecule has 1 nitrogen and oxygen atoms in total. The summed E-state index contributed by atoms with van der Waals surface area (Å²) < 4.78 is 49.8. The lowest BCUT2D eigenvalue weighted by atomic mass is 9.78. The summed E-state index contributed by atoms with van der Waals surface area (Å²) in [7, 11) is 0. The van der Waals surface area contributed by atoms with Crippen LogP contribution in [0.15, 0.2) is 42.5 Å². The average molecular weight is 473 g/mol. The fraction of sp³-hybridized carbons (Fsp3) is 0.600. The first-order valence-electron chi connectivity index (χ1n) is 13.2. The molecule has 4 heteroatoms. The largest absolute Gasteiger partial charge is 0.386 e. The first kappa shape index (κ1) is 25.3. The highest BCUT2D eigenvalue weighted by Gasteiger charge is 2.38. The fourth-order valence-electron chi connectivity index (χ4n) is 5.91. The van der Waals surface area contributed by atoms with Gasteiger partial charge in [-0.3, -0.25) is 0 Å². The Labute approximate surface area is 203 Å². The van der Waals surface area contributed by atoms with Gasteiger partial charge in [-0.2, -0.15) is 8.78 Å². The van der Waals surface area contributed by atoms with Gasteiger partial charge >= 0.3 is 6.11 Å². The van der Waals surface area contributed by atoms with Gasteiger partial charge in [0.05, 0.1) is 11.7 Å². The van der Waals surface area contributed by atoms with Crippen LogP contribution in [0.1, 0.15) is 119 Å². The predicted molar refractivity (Wildman–Crippen MR) is 132 cm³/mol. The molecular weight excluding hydrogens is 433 g/mol. The molecule has 186 valence electrons. The van der Waals surface area contributed by atoms with Crippen LogP contribution in [-0.4, -0.2) is 0 Å². The molecule has 1 atom stereocenters. The molecule has 34 heavy (non-hydrogen) atoms. The number of benzene rings is 2. The zero-order valence-electron chi connectivity index (χ0n) is 20.8. The Morgan fingerprint density at radius 3 is 2.00 bits per heavy atom. The van der Waals surface area contributed by atoms with Crippen molar-refractivity contribution in [3.05, 3.63) is 70.5 Å². The van der Waals surface area contributed by atoms with Crippen LogP contribution in [0.25, 0.3) is 0 Å². The van der Waals surface area contributed by atoms with Gasteiger partial charge in [-0.15, -0.1) is 0 Å². The zero-order chi connectivity index (χ0) is 24.3. The number of halogens is 3. The summed E-state index contributed by atoms with van der Waals surface area (Å²) in [6, 6.07) is 12.0. The standard InChI is InChI=1S/C30H39F3O/c1-4-22-7-11-24(12-8-22)25-15-13-23(14-16-25)21(3)34-30(32,33)28-18-17-27(19-29(28)31)26-9-5-20(2)6-10-26/h13-22,24,26H,4-12H2,1-3H3. The van der Waals surface area contributed by atoms with Crippen LogP contribution in [0, 0.1) is 17.7 Å². The minimum absolute atomic E-state index is 0.253. The van der Waals surface area contributed by atoms with E-state index in [1.54, 1.807) is 13.0 Å². The first-order valence-corrected chi connectivity index (χ1v) is 13.2. The third kappa shape index (κ3) is 5.87. The van der Waals surface area contributed by atoms with Gasteiger partial charge in [0.25, 0.3) is 0 Å². The highest BCUT2D eigenvalue weighted by Crippen LogP contribution is 2.41. The predicted octanol–water partition coefficient (Wildman–Crippen LogP) is 9.63. The Kier molecular flexibility index (Phi) is 8.07. The zero-order valence-corrected chi connectivity index (χ0v) is 20.8. The van der Waals surface area contributed by atoms with Crippen LogP contribution in [0.5, 0.6) is 0 Å². The van der Waals surface area contributed by atoms with Crippen molar-refractivity contribution in [3.63, 3.8) is 0 Å². The van der Waals surface area contributed by atoms with Gasteiger partial charge in [0.15, 0.2) is 0 Å². The Bertz CT molecular complexity index is 923. The normalized spacial score (nSPS) is 26.9. The van der Waals surface area contributed by atoms with E-state index in [0.717, 1.165) is 37.2 Å². The van der Waals surface area contributed by atoms with Crippen molar-refractivity contribution in [2.24, 2.45) is 11.8 Å². The summed E-state index contributed by atoms with van der Waals surface area (Å²) >= 11 is 0. The molecule has 2 aliphatic carbocycles. The molecule has 4 rings (SSSR count). The molecule has 2 aromatic rings. The molecule has 0 heterocycles. The topological polar surface area (TPSA) is 9.23 Å². The summed E-state index contributed by atoms with van der Waals surface area (Å²) in [5.74, 6) is 1.45. The van der Waals surface area contributed by atoms with Gasteiger partial charge in [-0.05, 0) is 97.9 Å². The van der Waals surface area contributed by atoms with Crippen molar-refractivity contribution in [1.82, 2.24) is 0 Å². The second-order valence-electron chi connectivity index (χ2n) is 10.8. The van der Waals surface area contributed by atoms with Crippen molar-refractivity contribution in [1.29, 1.82) is 0 Å². The van der Waals surface area contributed by atoms with E-state index in [-0.39, 0.29) is 5.92 Å². The van der Waals surface area contributed by atoms with E-state index in [9.17, 15) is 13.2 Å². The summed E-state index contributed by atoms with van der Waals surface area (Å²) in [6.07, 6.45) is 5.79. The first-order chi connectivity index (χ1) is 16.3. The molecule has 2 fully saturated rings. The molecule has 0 spiro atoms. The van der Waals surface area contributed by atoms with E-state index < -0.39 is 23.6 Å². The molecule has 0 bridgehead atoms. The number of rotatable bonds is 7. The van der Waals surface area contributed by atoms with Gasteiger partial charge in [0.1, 0.15) is 5.82 Å². The van der Waals surface area contributed by atoms with Gasteiger partial charge < -0.3 is 4.74 Å². The SMILES string of the molecule is CCC1CCC(c2ccc(C(C)OC(F)(F)c3ccc(C4CCC(C)CC4)cc3F)cc2)CC1. The molecule has 0 amide bonds. The molecule has 2 aliphatic rings. The molecule has 0 aromatic heterocycles. The van der Waals surface area contributed by atoms with E-state index in [1.807, 2.05) is 24.3 Å². The minimum Gasteiger partial charge on any atom is -0.309 e. The maximum Gasteiger partial charge on any atom is 0.386 e. The third-order valence-corrected chi connectivity index (χ3v) is 8.42. The average Bonchev–Trinajstić information content (AvgIpc) is 2.84. The summed E-state index contributed by atoms with van der Waals surface area (Å²) in [5.41, 5.74) is 2.09. The number of hydrogen-bond acceptors (Lipinski definition) is 1. The van der Waals surface area contributed by atoms with Crippen LogP contribution in [-0.2, 0) is 10.8 Å². The molecular formula is C30H39F3O. The highest BCUT2D eigenvalue weighted by atomic mass is 19.3. The lowest BCUT2D eigenvalue weighted by molar-refractivity contribution is -0.273. The van der Waals surface area contributed by atoms with Crippen LogP contribution >= 0.6 is 0 Å². The molecule has 0 N–H and O–H groups in total. The van der Waals surface area contributed by atoms with Gasteiger partial charge in [0.2, 0.25) is 0 Å². The molecule has 0 aliphatic heterocycles. The van der Waals surface area contributed by atoms with Crippen molar-refractivity contribution in [2.45, 2.75) is 103 Å². The number of hydrogen-bond donors (Lipinski definition) is 0. The Hall–Kier alpha value is -1.81. The van der Waals surface area contributed by atoms with E-state index in [1.165, 1.54) is 49.8 Å². The second kappa shape index (κ2) is 10.8. The highest BCUT2D eigenvalue weighted by molar-refractivity contribution is 5.30. The fourth-order valence-corrected chi connectivity index (χ4v) is 5.91. The summed E-state index contributed by atoms with van der Waals surface area (Å²) in [5, 5.41) is 0. The second-order valence-corrected chi connectivity index (χ2v) is 10.8. The maximum absolute atomic E-state index is 15.0. The monoisotopic (exact) mass is 472 g/mol. The Morgan fingerprint density at radius 2 is 1.41 bits per heavy atom. The molecule has 0 saturated heterocycles. The molecule has 1 unspecified atom stereocenters. The smallest absolute Gasteiger partial charge is 0.309 e. The minimum atomic E-state index is -3.69. The number of alkyl halides is 2. The van der Waals surface area contributed by atoms with Crippen molar-refractivity contribution < 1.29 is 17.9 Å². The molecule has 0 radical (unpaired) electrons. The van der Waals surface area contributed by atoms with E-state index in [0.29, 0.717) is 17.4 Å². The van der Waals surface area contributed by atoms with E-state index in [4.69, 9.17) is 4.74 Å².